The van der Waals surface area contributed by atoms with Crippen LogP contribution in [0.25, 0.3) is 0 Å². The molecule has 1 heterocycles. The van der Waals surface area contributed by atoms with Gasteiger partial charge < -0.3 is 10.0 Å². The molecular weight excluding hydrogens is 202 g/mol. The molecule has 0 saturated carbocycles. The van der Waals surface area contributed by atoms with Crippen molar-refractivity contribution >= 4 is 24.5 Å². The molecule has 0 aliphatic carbocycles. The Hall–Kier alpha value is -0.710. The summed E-state index contributed by atoms with van der Waals surface area (Å²) in [5.74, 6) is -1.09. The van der Waals surface area contributed by atoms with Gasteiger partial charge in [-0.3, -0.25) is 4.79 Å². The van der Waals surface area contributed by atoms with E-state index in [1.165, 1.54) is 4.90 Å². The van der Waals surface area contributed by atoms with E-state index in [9.17, 15) is 9.59 Å². The van der Waals surface area contributed by atoms with Crippen molar-refractivity contribution in [1.82, 2.24) is 4.90 Å². The van der Waals surface area contributed by atoms with Gasteiger partial charge in [0.2, 0.25) is 5.91 Å². The maximum Gasteiger partial charge on any atom is 0.330 e. The van der Waals surface area contributed by atoms with Crippen LogP contribution in [0.15, 0.2) is 0 Å². The number of hydrogen-bond donors (Lipinski definition) is 2. The molecule has 0 aromatic heterocycles. The predicted octanol–water partition coefficient (Wildman–Crippen LogP) is 0.770. The molecule has 80 valence electrons. The average Bonchev–Trinajstić information content (AvgIpc) is 2.44. The number of likely N-dealkylation sites (tertiary alicyclic amines) is 1. The largest absolute Gasteiger partial charge is 0.479 e. The van der Waals surface area contributed by atoms with Gasteiger partial charge >= 0.3 is 5.97 Å². The van der Waals surface area contributed by atoms with Crippen LogP contribution in [0.1, 0.15) is 26.7 Å². The van der Waals surface area contributed by atoms with E-state index in [1.807, 2.05) is 0 Å². The van der Waals surface area contributed by atoms with Gasteiger partial charge in [-0.05, 0) is 13.3 Å². The standard InChI is InChI=1S/C9H15NO3S/c1-3-7(11)10-5-4-6(14)9(10,2)8(12)13/h6,14H,3-5H2,1-2H3,(H,12,13)/t6?,9-/m0/s1. The number of amides is 1. The smallest absolute Gasteiger partial charge is 0.330 e. The summed E-state index contributed by atoms with van der Waals surface area (Å²) in [5.41, 5.74) is -1.14. The molecule has 0 radical (unpaired) electrons. The summed E-state index contributed by atoms with van der Waals surface area (Å²) in [7, 11) is 0. The summed E-state index contributed by atoms with van der Waals surface area (Å²) in [6.07, 6.45) is 0.973. The first-order chi connectivity index (χ1) is 6.44. The van der Waals surface area contributed by atoms with E-state index in [0.29, 0.717) is 19.4 Å². The molecule has 4 nitrogen and oxygen atoms in total. The molecule has 1 N–H and O–H groups in total. The molecule has 2 atom stereocenters. The molecule has 0 aromatic rings. The zero-order chi connectivity index (χ0) is 10.9. The Kier molecular flexibility index (Phi) is 3.09. The van der Waals surface area contributed by atoms with Crippen molar-refractivity contribution in [2.75, 3.05) is 6.54 Å². The first kappa shape index (κ1) is 11.4. The van der Waals surface area contributed by atoms with Crippen LogP contribution in [0.5, 0.6) is 0 Å². The number of hydrogen-bond acceptors (Lipinski definition) is 3. The van der Waals surface area contributed by atoms with E-state index in [0.717, 1.165) is 0 Å². The van der Waals surface area contributed by atoms with Gasteiger partial charge in [0.1, 0.15) is 5.54 Å². The first-order valence-corrected chi connectivity index (χ1v) is 5.18. The van der Waals surface area contributed by atoms with Crippen LogP contribution in [-0.2, 0) is 9.59 Å². The van der Waals surface area contributed by atoms with E-state index < -0.39 is 11.5 Å². The van der Waals surface area contributed by atoms with Crippen LogP contribution < -0.4 is 0 Å². The van der Waals surface area contributed by atoms with Crippen molar-refractivity contribution in [3.63, 3.8) is 0 Å². The molecule has 1 aliphatic heterocycles. The molecule has 0 aromatic carbocycles. The predicted molar refractivity (Wildman–Crippen MR) is 55.4 cm³/mol. The Morgan fingerprint density at radius 2 is 2.21 bits per heavy atom. The van der Waals surface area contributed by atoms with Gasteiger partial charge in [0, 0.05) is 18.2 Å². The topological polar surface area (TPSA) is 57.6 Å². The zero-order valence-corrected chi connectivity index (χ0v) is 9.25. The van der Waals surface area contributed by atoms with Crippen molar-refractivity contribution in [2.45, 2.75) is 37.5 Å². The third-order valence-electron chi connectivity index (χ3n) is 2.87. The van der Waals surface area contributed by atoms with Gasteiger partial charge in [-0.2, -0.15) is 12.6 Å². The molecular formula is C9H15NO3S. The summed E-state index contributed by atoms with van der Waals surface area (Å²) in [4.78, 5) is 24.1. The maximum atomic E-state index is 11.5. The molecule has 0 bridgehead atoms. The van der Waals surface area contributed by atoms with Crippen LogP contribution in [0, 0.1) is 0 Å². The second kappa shape index (κ2) is 3.81. The number of carbonyl (C=O) groups is 2. The molecule has 1 rings (SSSR count). The number of thiol groups is 1. The normalized spacial score (nSPS) is 31.9. The maximum absolute atomic E-state index is 11.5. The zero-order valence-electron chi connectivity index (χ0n) is 8.36. The summed E-state index contributed by atoms with van der Waals surface area (Å²) in [5, 5.41) is 8.83. The molecule has 1 aliphatic rings. The second-order valence-corrected chi connectivity index (χ2v) is 4.28. The Balaban J connectivity index is 2.98. The van der Waals surface area contributed by atoms with Gasteiger partial charge in [0.15, 0.2) is 0 Å². The molecule has 5 heteroatoms. The van der Waals surface area contributed by atoms with Crippen LogP contribution >= 0.6 is 12.6 Å². The highest BCUT2D eigenvalue weighted by molar-refractivity contribution is 7.81. The Bertz CT molecular complexity index is 269. The molecule has 0 spiro atoms. The number of carbonyl (C=O) groups excluding carboxylic acids is 1. The Morgan fingerprint density at radius 3 is 2.64 bits per heavy atom. The molecule has 1 fully saturated rings. The summed E-state index contributed by atoms with van der Waals surface area (Å²) < 4.78 is 0. The number of nitrogens with zero attached hydrogens (tertiary/aromatic N) is 1. The van der Waals surface area contributed by atoms with Gasteiger partial charge in [-0.1, -0.05) is 6.92 Å². The molecule has 14 heavy (non-hydrogen) atoms. The van der Waals surface area contributed by atoms with Gasteiger partial charge in [-0.25, -0.2) is 4.79 Å². The fourth-order valence-corrected chi connectivity index (χ4v) is 2.14. The Labute approximate surface area is 88.7 Å². The van der Waals surface area contributed by atoms with Gasteiger partial charge in [0.05, 0.1) is 0 Å². The lowest BCUT2D eigenvalue weighted by Crippen LogP contribution is -2.54. The van der Waals surface area contributed by atoms with Crippen molar-refractivity contribution in [2.24, 2.45) is 0 Å². The van der Waals surface area contributed by atoms with E-state index in [1.54, 1.807) is 13.8 Å². The highest BCUT2D eigenvalue weighted by atomic mass is 32.1. The van der Waals surface area contributed by atoms with Crippen molar-refractivity contribution in [3.05, 3.63) is 0 Å². The van der Waals surface area contributed by atoms with Crippen molar-refractivity contribution < 1.29 is 14.7 Å². The van der Waals surface area contributed by atoms with Gasteiger partial charge in [0.25, 0.3) is 0 Å². The minimum Gasteiger partial charge on any atom is -0.479 e. The van der Waals surface area contributed by atoms with E-state index >= 15 is 0 Å². The number of aliphatic carboxylic acids is 1. The van der Waals surface area contributed by atoms with E-state index in [2.05, 4.69) is 12.6 Å². The fraction of sp³-hybridized carbons (Fsp3) is 0.778. The molecule has 1 saturated heterocycles. The number of carboxylic acid groups (broad SMARTS) is 1. The fourth-order valence-electron chi connectivity index (χ4n) is 1.78. The van der Waals surface area contributed by atoms with Crippen LogP contribution in [0.4, 0.5) is 0 Å². The van der Waals surface area contributed by atoms with Gasteiger partial charge in [-0.15, -0.1) is 0 Å². The SMILES string of the molecule is CCC(=O)N1CCC(S)[C@@]1(C)C(=O)O. The van der Waals surface area contributed by atoms with E-state index in [-0.39, 0.29) is 11.2 Å². The van der Waals surface area contributed by atoms with E-state index in [4.69, 9.17) is 5.11 Å². The number of carboxylic acids is 1. The minimum atomic E-state index is -1.14. The summed E-state index contributed by atoms with van der Waals surface area (Å²) >= 11 is 4.23. The monoisotopic (exact) mass is 217 g/mol. The lowest BCUT2D eigenvalue weighted by molar-refractivity contribution is -0.154. The highest BCUT2D eigenvalue weighted by Crippen LogP contribution is 2.33. The summed E-state index contributed by atoms with van der Waals surface area (Å²) in [6, 6.07) is 0. The average molecular weight is 217 g/mol. The third-order valence-corrected chi connectivity index (χ3v) is 3.63. The van der Waals surface area contributed by atoms with Crippen LogP contribution in [0.3, 0.4) is 0 Å². The van der Waals surface area contributed by atoms with Crippen molar-refractivity contribution in [1.29, 1.82) is 0 Å². The highest BCUT2D eigenvalue weighted by Gasteiger charge is 2.51. The third kappa shape index (κ3) is 1.49. The molecule has 1 amide bonds. The Morgan fingerprint density at radius 1 is 1.64 bits per heavy atom. The quantitative estimate of drug-likeness (QED) is 0.672. The number of rotatable bonds is 2. The van der Waals surface area contributed by atoms with Crippen LogP contribution in [0.2, 0.25) is 0 Å². The lowest BCUT2D eigenvalue weighted by atomic mass is 9.98. The lowest BCUT2D eigenvalue weighted by Gasteiger charge is -2.33. The van der Waals surface area contributed by atoms with Crippen molar-refractivity contribution in [3.8, 4) is 0 Å². The van der Waals surface area contributed by atoms with Crippen LogP contribution in [-0.4, -0.2) is 39.2 Å². The summed E-state index contributed by atoms with van der Waals surface area (Å²) in [6.45, 7) is 3.79. The second-order valence-electron chi connectivity index (χ2n) is 3.66. The molecule has 1 unspecified atom stereocenters. The first-order valence-electron chi connectivity index (χ1n) is 4.66. The minimum absolute atomic E-state index is 0.119.